The van der Waals surface area contributed by atoms with Gasteiger partial charge in [-0.05, 0) is 52.4 Å². The molecule has 0 heterocycles. The standard InChI is InChI=1S/C16H32N2O3/c1-11(19)10-17-12-7-13(9-16(5,6)8-12)18-14(20)21-15(2,3)4/h11-13,17,19H,7-10H2,1-6H3,(H,18,20)/t11-,12?,13?/m0/s1. The second kappa shape index (κ2) is 6.97. The third-order valence-corrected chi connectivity index (χ3v) is 3.59. The number of hydrogen-bond donors (Lipinski definition) is 3. The number of hydrogen-bond acceptors (Lipinski definition) is 4. The summed E-state index contributed by atoms with van der Waals surface area (Å²) in [5.41, 5.74) is -0.313. The van der Waals surface area contributed by atoms with E-state index in [-0.39, 0.29) is 23.7 Å². The third kappa shape index (κ3) is 7.67. The number of alkyl carbamates (subject to hydrolysis) is 1. The SMILES string of the molecule is C[C@H](O)CNC1CC(NC(=O)OC(C)(C)C)CC(C)(C)C1. The van der Waals surface area contributed by atoms with Gasteiger partial charge < -0.3 is 20.5 Å². The summed E-state index contributed by atoms with van der Waals surface area (Å²) >= 11 is 0. The molecule has 1 aliphatic rings. The molecule has 2 unspecified atom stereocenters. The molecule has 0 aliphatic heterocycles. The molecule has 0 spiro atoms. The highest BCUT2D eigenvalue weighted by Crippen LogP contribution is 2.35. The van der Waals surface area contributed by atoms with Crippen molar-refractivity contribution in [2.75, 3.05) is 6.54 Å². The minimum atomic E-state index is -0.474. The van der Waals surface area contributed by atoms with E-state index in [2.05, 4.69) is 24.5 Å². The molecule has 1 rings (SSSR count). The van der Waals surface area contributed by atoms with E-state index in [1.807, 2.05) is 20.8 Å². The van der Waals surface area contributed by atoms with Crippen molar-refractivity contribution in [3.05, 3.63) is 0 Å². The van der Waals surface area contributed by atoms with Crippen LogP contribution < -0.4 is 10.6 Å². The smallest absolute Gasteiger partial charge is 0.407 e. The molecule has 3 atom stereocenters. The summed E-state index contributed by atoms with van der Waals surface area (Å²) in [7, 11) is 0. The van der Waals surface area contributed by atoms with Gasteiger partial charge in [0.2, 0.25) is 0 Å². The molecule has 0 bridgehead atoms. The van der Waals surface area contributed by atoms with Crippen LogP contribution in [0.3, 0.4) is 0 Å². The lowest BCUT2D eigenvalue weighted by molar-refractivity contribution is 0.0453. The number of amides is 1. The highest BCUT2D eigenvalue weighted by molar-refractivity contribution is 5.68. The molecule has 21 heavy (non-hydrogen) atoms. The Bertz CT molecular complexity index is 348. The number of nitrogens with one attached hydrogen (secondary N) is 2. The molecule has 0 aromatic carbocycles. The first-order valence-corrected chi connectivity index (χ1v) is 7.88. The predicted octanol–water partition coefficient (Wildman–Crippen LogP) is 2.43. The lowest BCUT2D eigenvalue weighted by Crippen LogP contribution is -2.50. The molecule has 3 N–H and O–H groups in total. The van der Waals surface area contributed by atoms with Crippen LogP contribution in [0.4, 0.5) is 4.79 Å². The van der Waals surface area contributed by atoms with Crippen LogP contribution in [-0.4, -0.2) is 41.5 Å². The maximum atomic E-state index is 11.9. The minimum absolute atomic E-state index is 0.107. The van der Waals surface area contributed by atoms with E-state index in [1.54, 1.807) is 6.92 Å². The Hall–Kier alpha value is -0.810. The molecule has 1 saturated carbocycles. The summed E-state index contributed by atoms with van der Waals surface area (Å²) in [5.74, 6) is 0. The first-order valence-electron chi connectivity index (χ1n) is 7.88. The Morgan fingerprint density at radius 2 is 1.90 bits per heavy atom. The van der Waals surface area contributed by atoms with Gasteiger partial charge in [0.25, 0.3) is 0 Å². The number of carbonyl (C=O) groups excluding carboxylic acids is 1. The molecule has 0 radical (unpaired) electrons. The lowest BCUT2D eigenvalue weighted by Gasteiger charge is -2.41. The Morgan fingerprint density at radius 3 is 2.43 bits per heavy atom. The van der Waals surface area contributed by atoms with Crippen LogP contribution in [0.15, 0.2) is 0 Å². The van der Waals surface area contributed by atoms with Gasteiger partial charge in [0.15, 0.2) is 0 Å². The molecule has 5 heteroatoms. The highest BCUT2D eigenvalue weighted by atomic mass is 16.6. The van der Waals surface area contributed by atoms with Gasteiger partial charge in [-0.1, -0.05) is 13.8 Å². The monoisotopic (exact) mass is 300 g/mol. The second-order valence-corrected chi connectivity index (χ2v) is 8.11. The summed E-state index contributed by atoms with van der Waals surface area (Å²) in [6.07, 6.45) is 2.16. The van der Waals surface area contributed by atoms with Gasteiger partial charge in [-0.3, -0.25) is 0 Å². The second-order valence-electron chi connectivity index (χ2n) is 8.11. The number of rotatable bonds is 4. The number of aliphatic hydroxyl groups is 1. The average molecular weight is 300 g/mol. The van der Waals surface area contributed by atoms with Gasteiger partial charge >= 0.3 is 6.09 Å². The predicted molar refractivity (Wildman–Crippen MR) is 84.3 cm³/mol. The summed E-state index contributed by atoms with van der Waals surface area (Å²) in [6, 6.07) is 0.415. The molecular weight excluding hydrogens is 268 g/mol. The fraction of sp³-hybridized carbons (Fsp3) is 0.938. The summed E-state index contributed by atoms with van der Waals surface area (Å²) in [5, 5.41) is 15.8. The van der Waals surface area contributed by atoms with E-state index in [1.165, 1.54) is 0 Å². The van der Waals surface area contributed by atoms with Crippen LogP contribution in [-0.2, 0) is 4.74 Å². The van der Waals surface area contributed by atoms with Gasteiger partial charge in [-0.2, -0.15) is 0 Å². The Balaban J connectivity index is 2.55. The van der Waals surface area contributed by atoms with E-state index in [0.29, 0.717) is 12.6 Å². The van der Waals surface area contributed by atoms with Crippen molar-refractivity contribution in [1.29, 1.82) is 0 Å². The molecule has 1 fully saturated rings. The highest BCUT2D eigenvalue weighted by Gasteiger charge is 2.35. The Morgan fingerprint density at radius 1 is 1.33 bits per heavy atom. The Kier molecular flexibility index (Phi) is 6.05. The number of carbonyl (C=O) groups is 1. The zero-order chi connectivity index (χ0) is 16.3. The van der Waals surface area contributed by atoms with Crippen molar-refractivity contribution in [3.8, 4) is 0 Å². The first-order chi connectivity index (χ1) is 9.47. The van der Waals surface area contributed by atoms with Crippen molar-refractivity contribution in [2.24, 2.45) is 5.41 Å². The van der Waals surface area contributed by atoms with E-state index in [0.717, 1.165) is 19.3 Å². The normalized spacial score (nSPS) is 27.0. The fourth-order valence-electron chi connectivity index (χ4n) is 3.00. The first kappa shape index (κ1) is 18.2. The summed E-state index contributed by atoms with van der Waals surface area (Å²) in [4.78, 5) is 11.9. The largest absolute Gasteiger partial charge is 0.444 e. The van der Waals surface area contributed by atoms with E-state index in [9.17, 15) is 9.90 Å². The van der Waals surface area contributed by atoms with Crippen LogP contribution in [0.5, 0.6) is 0 Å². The lowest BCUT2D eigenvalue weighted by atomic mass is 9.72. The topological polar surface area (TPSA) is 70.6 Å². The number of ether oxygens (including phenoxy) is 1. The van der Waals surface area contributed by atoms with Gasteiger partial charge in [-0.15, -0.1) is 0 Å². The zero-order valence-corrected chi connectivity index (χ0v) is 14.3. The van der Waals surface area contributed by atoms with Crippen molar-refractivity contribution in [1.82, 2.24) is 10.6 Å². The molecule has 5 nitrogen and oxygen atoms in total. The van der Waals surface area contributed by atoms with Gasteiger partial charge in [-0.25, -0.2) is 4.79 Å². The Labute approximate surface area is 128 Å². The quantitative estimate of drug-likeness (QED) is 0.746. The summed E-state index contributed by atoms with van der Waals surface area (Å²) < 4.78 is 5.33. The molecule has 0 aromatic rings. The van der Waals surface area contributed by atoms with Crippen LogP contribution in [0.2, 0.25) is 0 Å². The molecule has 124 valence electrons. The maximum absolute atomic E-state index is 11.9. The van der Waals surface area contributed by atoms with Gasteiger partial charge in [0, 0.05) is 18.6 Å². The maximum Gasteiger partial charge on any atom is 0.407 e. The molecule has 1 aliphatic carbocycles. The van der Waals surface area contributed by atoms with Crippen molar-refractivity contribution in [2.45, 2.75) is 84.6 Å². The van der Waals surface area contributed by atoms with Crippen LogP contribution in [0, 0.1) is 5.41 Å². The molecule has 0 saturated heterocycles. The molecule has 1 amide bonds. The fourth-order valence-corrected chi connectivity index (χ4v) is 3.00. The van der Waals surface area contributed by atoms with Crippen LogP contribution >= 0.6 is 0 Å². The van der Waals surface area contributed by atoms with Crippen molar-refractivity contribution < 1.29 is 14.6 Å². The van der Waals surface area contributed by atoms with Crippen molar-refractivity contribution in [3.63, 3.8) is 0 Å². The van der Waals surface area contributed by atoms with Crippen LogP contribution in [0.25, 0.3) is 0 Å². The average Bonchev–Trinajstić information content (AvgIpc) is 2.20. The van der Waals surface area contributed by atoms with Crippen molar-refractivity contribution >= 4 is 6.09 Å². The van der Waals surface area contributed by atoms with Crippen LogP contribution in [0.1, 0.15) is 60.8 Å². The molecular formula is C16H32N2O3. The third-order valence-electron chi connectivity index (χ3n) is 3.59. The van der Waals surface area contributed by atoms with E-state index < -0.39 is 5.60 Å². The van der Waals surface area contributed by atoms with Gasteiger partial charge in [0.05, 0.1) is 6.10 Å². The van der Waals surface area contributed by atoms with Gasteiger partial charge in [0.1, 0.15) is 5.60 Å². The molecule has 0 aromatic heterocycles. The van der Waals surface area contributed by atoms with E-state index in [4.69, 9.17) is 4.74 Å². The number of aliphatic hydroxyl groups excluding tert-OH is 1. The minimum Gasteiger partial charge on any atom is -0.444 e. The summed E-state index contributed by atoms with van der Waals surface area (Å²) in [6.45, 7) is 12.4. The zero-order valence-electron chi connectivity index (χ0n) is 14.3. The van der Waals surface area contributed by atoms with E-state index >= 15 is 0 Å².